The molecule has 0 aliphatic carbocycles. The van der Waals surface area contributed by atoms with E-state index < -0.39 is 48.0 Å². The van der Waals surface area contributed by atoms with Crippen molar-refractivity contribution < 1.29 is 48.3 Å². The molecule has 12 nitrogen and oxygen atoms in total. The molecule has 0 saturated carbocycles. The second-order valence-electron chi connectivity index (χ2n) is 10.3. The number of aliphatic carboxylic acids is 3. The van der Waals surface area contributed by atoms with Gasteiger partial charge in [-0.1, -0.05) is 19.9 Å². The molecule has 3 heterocycles. The van der Waals surface area contributed by atoms with Gasteiger partial charge < -0.3 is 30.1 Å². The number of halogens is 2. The first-order chi connectivity index (χ1) is 19.3. The first kappa shape index (κ1) is 31.8. The van der Waals surface area contributed by atoms with Crippen LogP contribution in [0.4, 0.5) is 14.6 Å². The van der Waals surface area contributed by atoms with Crippen molar-refractivity contribution in [2.45, 2.75) is 57.7 Å². The van der Waals surface area contributed by atoms with E-state index in [1.807, 2.05) is 0 Å². The van der Waals surface area contributed by atoms with Crippen LogP contribution in [0.2, 0.25) is 0 Å². The number of carbonyl (C=O) groups is 3. The van der Waals surface area contributed by atoms with E-state index in [-0.39, 0.29) is 5.92 Å². The lowest BCUT2D eigenvalue weighted by molar-refractivity contribution is -0.170. The highest BCUT2D eigenvalue weighted by Crippen LogP contribution is 2.29. The SMILES string of the molecule is CC(C)c1nc2c(c(N3CCOCC3)n1)CCN(Cc1ccc(F)c(F)c1)C2.O=C(O)CC(O)(CC(=O)O)C(=O)O. The first-order valence-electron chi connectivity index (χ1n) is 13.1. The van der Waals surface area contributed by atoms with Gasteiger partial charge in [0.1, 0.15) is 11.6 Å². The summed E-state index contributed by atoms with van der Waals surface area (Å²) >= 11 is 0. The molecule has 1 saturated heterocycles. The highest BCUT2D eigenvalue weighted by molar-refractivity contribution is 5.88. The lowest BCUT2D eigenvalue weighted by Gasteiger charge is -2.34. The summed E-state index contributed by atoms with van der Waals surface area (Å²) in [5.41, 5.74) is 0.299. The first-order valence-corrected chi connectivity index (χ1v) is 13.1. The van der Waals surface area contributed by atoms with Crippen molar-refractivity contribution in [2.75, 3.05) is 37.7 Å². The summed E-state index contributed by atoms with van der Waals surface area (Å²) in [7, 11) is 0. The minimum atomic E-state index is -2.74. The number of carboxylic acid groups (broad SMARTS) is 3. The molecule has 2 aromatic rings. The largest absolute Gasteiger partial charge is 0.481 e. The fourth-order valence-corrected chi connectivity index (χ4v) is 4.52. The molecular weight excluding hydrogens is 546 g/mol. The third kappa shape index (κ3) is 8.62. The van der Waals surface area contributed by atoms with Gasteiger partial charge in [0.25, 0.3) is 0 Å². The Morgan fingerprint density at radius 1 is 1.00 bits per heavy atom. The van der Waals surface area contributed by atoms with E-state index in [2.05, 4.69) is 23.6 Å². The van der Waals surface area contributed by atoms with Crippen LogP contribution in [0.1, 0.15) is 55.3 Å². The Morgan fingerprint density at radius 3 is 2.17 bits per heavy atom. The Bertz CT molecular complexity index is 1250. The van der Waals surface area contributed by atoms with Gasteiger partial charge in [-0.3, -0.25) is 14.5 Å². The molecule has 0 radical (unpaired) electrons. The molecule has 1 aromatic carbocycles. The number of fused-ring (bicyclic) bond motifs is 1. The number of nitrogens with zero attached hydrogens (tertiary/aromatic N) is 4. The van der Waals surface area contributed by atoms with Crippen molar-refractivity contribution in [2.24, 2.45) is 0 Å². The van der Waals surface area contributed by atoms with Gasteiger partial charge in [0.05, 0.1) is 31.7 Å². The Hall–Kier alpha value is -3.75. The van der Waals surface area contributed by atoms with Crippen LogP contribution in [0.25, 0.3) is 0 Å². The number of aromatic nitrogens is 2. The number of rotatable bonds is 9. The monoisotopic (exact) mass is 580 g/mol. The maximum Gasteiger partial charge on any atom is 0.336 e. The molecule has 2 aliphatic rings. The van der Waals surface area contributed by atoms with Gasteiger partial charge in [0.2, 0.25) is 0 Å². The molecule has 1 aromatic heterocycles. The Labute approximate surface area is 235 Å². The van der Waals surface area contributed by atoms with E-state index >= 15 is 0 Å². The number of ether oxygens (including phenoxy) is 1. The summed E-state index contributed by atoms with van der Waals surface area (Å²) in [6.07, 6.45) is -1.44. The number of hydrogen-bond donors (Lipinski definition) is 4. The average Bonchev–Trinajstić information content (AvgIpc) is 2.90. The molecule has 2 aliphatic heterocycles. The molecule has 0 amide bonds. The van der Waals surface area contributed by atoms with Crippen molar-refractivity contribution in [1.29, 1.82) is 0 Å². The molecule has 0 bridgehead atoms. The fraction of sp³-hybridized carbons (Fsp3) is 0.519. The van der Waals surface area contributed by atoms with E-state index in [0.29, 0.717) is 13.1 Å². The molecule has 0 spiro atoms. The van der Waals surface area contributed by atoms with Gasteiger partial charge in [-0.05, 0) is 24.1 Å². The van der Waals surface area contributed by atoms with Gasteiger partial charge in [0.15, 0.2) is 17.2 Å². The Balaban J connectivity index is 0.000000302. The summed E-state index contributed by atoms with van der Waals surface area (Å²) in [5, 5.41) is 33.8. The van der Waals surface area contributed by atoms with Crippen molar-refractivity contribution in [3.8, 4) is 0 Å². The predicted octanol–water partition coefficient (Wildman–Crippen LogP) is 2.02. The number of morpholine rings is 1. The fourth-order valence-electron chi connectivity index (χ4n) is 4.52. The third-order valence-corrected chi connectivity index (χ3v) is 6.64. The lowest BCUT2D eigenvalue weighted by atomic mass is 9.96. The maximum atomic E-state index is 13.5. The number of carboxylic acids is 3. The van der Waals surface area contributed by atoms with Gasteiger partial charge in [0, 0.05) is 44.2 Å². The van der Waals surface area contributed by atoms with Crippen LogP contribution in [-0.4, -0.2) is 91.7 Å². The van der Waals surface area contributed by atoms with Gasteiger partial charge >= 0.3 is 17.9 Å². The van der Waals surface area contributed by atoms with Gasteiger partial charge in [-0.2, -0.15) is 0 Å². The van der Waals surface area contributed by atoms with Crippen LogP contribution in [0.15, 0.2) is 18.2 Å². The molecular formula is C27H34F2N4O8. The summed E-state index contributed by atoms with van der Waals surface area (Å²) in [4.78, 5) is 44.8. The van der Waals surface area contributed by atoms with E-state index in [0.717, 1.165) is 62.2 Å². The zero-order chi connectivity index (χ0) is 30.3. The molecule has 4 rings (SSSR count). The van der Waals surface area contributed by atoms with E-state index in [1.165, 1.54) is 17.7 Å². The van der Waals surface area contributed by atoms with Crippen LogP contribution in [0.3, 0.4) is 0 Å². The van der Waals surface area contributed by atoms with Gasteiger partial charge in [-0.15, -0.1) is 0 Å². The normalized spacial score (nSPS) is 15.6. The number of aliphatic hydroxyl groups is 1. The number of anilines is 1. The Kier molecular flexibility index (Phi) is 10.7. The zero-order valence-corrected chi connectivity index (χ0v) is 22.8. The average molecular weight is 581 g/mol. The number of hydrogen-bond acceptors (Lipinski definition) is 9. The van der Waals surface area contributed by atoms with Crippen molar-refractivity contribution >= 4 is 23.7 Å². The minimum Gasteiger partial charge on any atom is -0.481 e. The third-order valence-electron chi connectivity index (χ3n) is 6.64. The van der Waals surface area contributed by atoms with Gasteiger partial charge in [-0.25, -0.2) is 23.5 Å². The van der Waals surface area contributed by atoms with E-state index in [4.69, 9.17) is 35.1 Å². The molecule has 41 heavy (non-hydrogen) atoms. The molecule has 224 valence electrons. The molecule has 14 heteroatoms. The number of benzene rings is 1. The summed E-state index contributed by atoms with van der Waals surface area (Å²) in [6.45, 7) is 9.45. The molecule has 0 unspecified atom stereocenters. The predicted molar refractivity (Wildman–Crippen MR) is 140 cm³/mol. The highest BCUT2D eigenvalue weighted by Gasteiger charge is 2.40. The summed E-state index contributed by atoms with van der Waals surface area (Å²) in [6, 6.07) is 4.12. The quantitative estimate of drug-likeness (QED) is 0.340. The second kappa shape index (κ2) is 13.7. The lowest BCUT2D eigenvalue weighted by Crippen LogP contribution is -2.42. The molecule has 1 fully saturated rings. The highest BCUT2D eigenvalue weighted by atomic mass is 19.2. The van der Waals surface area contributed by atoms with Crippen molar-refractivity contribution in [3.05, 3.63) is 52.5 Å². The van der Waals surface area contributed by atoms with Crippen molar-refractivity contribution in [1.82, 2.24) is 14.9 Å². The minimum absolute atomic E-state index is 0.242. The van der Waals surface area contributed by atoms with Crippen LogP contribution in [-0.2, 0) is 38.6 Å². The Morgan fingerprint density at radius 2 is 1.63 bits per heavy atom. The van der Waals surface area contributed by atoms with E-state index in [9.17, 15) is 23.2 Å². The standard InChI is InChI=1S/C21H26F2N4O.C6H8O7/c1-14(2)20-24-19-13-26(12-15-3-4-17(22)18(23)11-15)6-5-16(19)21(25-20)27-7-9-28-10-8-27;7-3(8)1-6(13,5(11)12)2-4(9)10/h3-4,11,14H,5-10,12-13H2,1-2H3;13H,1-2H2,(H,7,8)(H,9,10)(H,11,12). The summed E-state index contributed by atoms with van der Waals surface area (Å²) < 4.78 is 32.2. The smallest absolute Gasteiger partial charge is 0.336 e. The molecule has 4 N–H and O–H groups in total. The second-order valence-corrected chi connectivity index (χ2v) is 10.3. The van der Waals surface area contributed by atoms with Crippen LogP contribution >= 0.6 is 0 Å². The maximum absolute atomic E-state index is 13.5. The summed E-state index contributed by atoms with van der Waals surface area (Å²) in [5.74, 6) is -4.48. The van der Waals surface area contributed by atoms with Crippen LogP contribution in [0.5, 0.6) is 0 Å². The van der Waals surface area contributed by atoms with E-state index in [1.54, 1.807) is 6.07 Å². The zero-order valence-electron chi connectivity index (χ0n) is 22.8. The van der Waals surface area contributed by atoms with Crippen molar-refractivity contribution in [3.63, 3.8) is 0 Å². The van der Waals surface area contributed by atoms with Crippen LogP contribution in [0, 0.1) is 11.6 Å². The van der Waals surface area contributed by atoms with Crippen LogP contribution < -0.4 is 4.90 Å². The topological polar surface area (TPSA) is 174 Å². The molecule has 0 atom stereocenters.